The molecule has 178 valence electrons. The molecule has 4 rings (SSSR count). The van der Waals surface area contributed by atoms with Gasteiger partial charge in [-0.15, -0.1) is 0 Å². The van der Waals surface area contributed by atoms with Crippen LogP contribution in [-0.2, 0) is 0 Å². The van der Waals surface area contributed by atoms with Crippen LogP contribution in [0.2, 0.25) is 0 Å². The summed E-state index contributed by atoms with van der Waals surface area (Å²) in [6.45, 7) is 7.83. The predicted octanol–water partition coefficient (Wildman–Crippen LogP) is 4.42. The Morgan fingerprint density at radius 3 is 2.74 bits per heavy atom. The van der Waals surface area contributed by atoms with Crippen LogP contribution >= 0.6 is 0 Å². The Hall–Kier alpha value is -3.88. The third kappa shape index (κ3) is 3.98. The highest BCUT2D eigenvalue weighted by molar-refractivity contribution is 5.98. The van der Waals surface area contributed by atoms with E-state index in [4.69, 9.17) is 10.1 Å². The summed E-state index contributed by atoms with van der Waals surface area (Å²) in [6.07, 6.45) is 3.19. The van der Waals surface area contributed by atoms with Crippen LogP contribution in [0.15, 0.2) is 36.5 Å². The summed E-state index contributed by atoms with van der Waals surface area (Å²) in [5.74, 6) is 0.650. The highest BCUT2D eigenvalue weighted by Gasteiger charge is 2.40. The monoisotopic (exact) mass is 465 g/mol. The first-order chi connectivity index (χ1) is 16.3. The van der Waals surface area contributed by atoms with Gasteiger partial charge in [0.05, 0.1) is 29.4 Å². The van der Waals surface area contributed by atoms with Gasteiger partial charge in [0, 0.05) is 36.1 Å². The van der Waals surface area contributed by atoms with Crippen LogP contribution in [0.3, 0.4) is 0 Å². The van der Waals surface area contributed by atoms with Gasteiger partial charge in [-0.3, -0.25) is 9.36 Å². The number of likely N-dealkylation sites (tertiary alicyclic amines) is 1. The molecule has 3 N–H and O–H groups in total. The molecular formula is C25H28FN5O3. The van der Waals surface area contributed by atoms with Gasteiger partial charge in [-0.2, -0.15) is 0 Å². The molecule has 2 aromatic heterocycles. The van der Waals surface area contributed by atoms with Crippen molar-refractivity contribution in [3.05, 3.63) is 59.1 Å². The van der Waals surface area contributed by atoms with Crippen molar-refractivity contribution in [2.24, 2.45) is 0 Å². The van der Waals surface area contributed by atoms with Gasteiger partial charge in [-0.05, 0) is 57.5 Å². The molecule has 2 unspecified atom stereocenters. The Morgan fingerprint density at radius 2 is 2.09 bits per heavy atom. The number of hydrogen-bond donors (Lipinski definition) is 3. The molecule has 1 aliphatic heterocycles. The molecule has 1 aliphatic rings. The summed E-state index contributed by atoms with van der Waals surface area (Å²) in [6, 6.07) is 6.65. The van der Waals surface area contributed by atoms with Crippen LogP contribution < -0.4 is 10.1 Å². The highest BCUT2D eigenvalue weighted by Crippen LogP contribution is 2.30. The minimum Gasteiger partial charge on any atom is -0.455 e. The van der Waals surface area contributed by atoms with Gasteiger partial charge in [-0.25, -0.2) is 9.18 Å². The molecule has 0 bridgehead atoms. The minimum atomic E-state index is -0.999. The summed E-state index contributed by atoms with van der Waals surface area (Å²) in [5.41, 5.74) is 3.22. The average molecular weight is 466 g/mol. The maximum atomic E-state index is 13.6. The number of aromatic amines is 1. The molecule has 0 spiro atoms. The topological polar surface area (TPSA) is 103 Å². The molecule has 0 aliphatic carbocycles. The lowest BCUT2D eigenvalue weighted by Gasteiger charge is -2.41. The lowest BCUT2D eigenvalue weighted by molar-refractivity contribution is 0.00638. The first-order valence-corrected chi connectivity index (χ1v) is 11.2. The smallest absolute Gasteiger partial charge is 0.326 e. The molecule has 1 fully saturated rings. The van der Waals surface area contributed by atoms with E-state index in [2.05, 4.69) is 10.3 Å². The number of aromatic nitrogens is 2. The van der Waals surface area contributed by atoms with Gasteiger partial charge in [-0.1, -0.05) is 0 Å². The number of carbonyl (C=O) groups excluding carboxylic acids is 2. The molecule has 1 aromatic carbocycles. The number of amides is 2. The number of rotatable bonds is 6. The number of ether oxygens (including phenoxy) is 1. The van der Waals surface area contributed by atoms with E-state index >= 15 is 0 Å². The lowest BCUT2D eigenvalue weighted by Crippen LogP contribution is -2.58. The van der Waals surface area contributed by atoms with Crippen molar-refractivity contribution in [2.75, 3.05) is 13.1 Å². The van der Waals surface area contributed by atoms with Gasteiger partial charge in [0.1, 0.15) is 11.9 Å². The third-order valence-electron chi connectivity index (χ3n) is 6.21. The molecule has 3 heterocycles. The quantitative estimate of drug-likeness (QED) is 0.371. The number of carbonyl (C=O) groups is 2. The number of allylic oxidation sites excluding steroid dienone is 1. The predicted molar refractivity (Wildman–Crippen MR) is 129 cm³/mol. The van der Waals surface area contributed by atoms with Gasteiger partial charge in [0.25, 0.3) is 5.91 Å². The normalized spacial score (nSPS) is 18.0. The number of hydrogen-bond acceptors (Lipinski definition) is 4. The zero-order valence-corrected chi connectivity index (χ0v) is 19.6. The summed E-state index contributed by atoms with van der Waals surface area (Å²) in [4.78, 5) is 29.8. The Labute approximate surface area is 196 Å². The van der Waals surface area contributed by atoms with Crippen molar-refractivity contribution < 1.29 is 18.7 Å². The van der Waals surface area contributed by atoms with E-state index in [1.807, 2.05) is 32.0 Å². The fourth-order valence-electron chi connectivity index (χ4n) is 4.23. The van der Waals surface area contributed by atoms with Crippen LogP contribution in [0, 0.1) is 19.3 Å². The van der Waals surface area contributed by atoms with Crippen molar-refractivity contribution in [1.29, 1.82) is 5.41 Å². The Morgan fingerprint density at radius 1 is 1.32 bits per heavy atom. The van der Waals surface area contributed by atoms with Crippen molar-refractivity contribution >= 4 is 34.8 Å². The average Bonchev–Trinajstić information content (AvgIpc) is 3.35. The van der Waals surface area contributed by atoms with E-state index in [1.54, 1.807) is 30.7 Å². The Bertz CT molecular complexity index is 1310. The van der Waals surface area contributed by atoms with Crippen molar-refractivity contribution in [3.8, 4) is 5.75 Å². The first-order valence-electron chi connectivity index (χ1n) is 11.2. The molecule has 3 aromatic rings. The third-order valence-corrected chi connectivity index (χ3v) is 6.21. The molecule has 34 heavy (non-hydrogen) atoms. The lowest BCUT2D eigenvalue weighted by atomic mass is 10.0. The van der Waals surface area contributed by atoms with E-state index in [-0.39, 0.29) is 18.5 Å². The fourth-order valence-corrected chi connectivity index (χ4v) is 4.23. The van der Waals surface area contributed by atoms with E-state index in [1.165, 1.54) is 11.0 Å². The molecule has 0 saturated carbocycles. The van der Waals surface area contributed by atoms with Crippen LogP contribution in [0.5, 0.6) is 5.75 Å². The number of halogens is 1. The van der Waals surface area contributed by atoms with E-state index in [0.29, 0.717) is 34.9 Å². The number of nitrogens with zero attached hydrogens (tertiary/aromatic N) is 2. The van der Waals surface area contributed by atoms with Crippen LogP contribution in [-0.4, -0.2) is 57.9 Å². The summed E-state index contributed by atoms with van der Waals surface area (Å²) >= 11 is 0. The van der Waals surface area contributed by atoms with Crippen LogP contribution in [0.25, 0.3) is 16.7 Å². The largest absolute Gasteiger partial charge is 0.455 e. The molecular weight excluding hydrogens is 437 g/mol. The molecule has 1 saturated heterocycles. The Balaban J connectivity index is 1.62. The molecule has 9 heteroatoms. The standard InChI is InChI=1S/C25H28FN5O3/c1-5-28-25(33)31-14(2)10-17-11-18(6-7-21(17)31)34-22(8-9-27)23-15(3)19(12-29-23)24(32)30-13-20(26)16(30)4/h6-12,16,20,27,29H,5,13H2,1-4H3,(H,28,33)/b22-8+,27-9?. The number of fused-ring (bicyclic) bond motifs is 1. The summed E-state index contributed by atoms with van der Waals surface area (Å²) < 4.78 is 21.3. The van der Waals surface area contributed by atoms with Gasteiger partial charge >= 0.3 is 6.03 Å². The minimum absolute atomic E-state index is 0.0923. The zero-order chi connectivity index (χ0) is 24.6. The van der Waals surface area contributed by atoms with E-state index < -0.39 is 12.2 Å². The summed E-state index contributed by atoms with van der Waals surface area (Å²) in [5, 5.41) is 11.2. The fraction of sp³-hybridized carbons (Fsp3) is 0.320. The number of alkyl halides is 1. The molecule has 2 atom stereocenters. The number of H-pyrrole nitrogens is 1. The second kappa shape index (κ2) is 9.17. The van der Waals surface area contributed by atoms with E-state index in [0.717, 1.165) is 22.8 Å². The SMILES string of the molecule is CCNC(=O)n1c(C)cc2cc(O/C(=C/C=N)c3[nH]cc(C(=O)N4CC(F)C4C)c3C)ccc21. The number of benzene rings is 1. The molecule has 0 radical (unpaired) electrons. The summed E-state index contributed by atoms with van der Waals surface area (Å²) in [7, 11) is 0. The van der Waals surface area contributed by atoms with Crippen molar-refractivity contribution in [3.63, 3.8) is 0 Å². The first kappa shape index (κ1) is 23.3. The van der Waals surface area contributed by atoms with Crippen LogP contribution in [0.4, 0.5) is 9.18 Å². The van der Waals surface area contributed by atoms with Crippen molar-refractivity contribution in [2.45, 2.75) is 39.9 Å². The van der Waals surface area contributed by atoms with Crippen LogP contribution in [0.1, 0.15) is 41.2 Å². The van der Waals surface area contributed by atoms with E-state index in [9.17, 15) is 14.0 Å². The van der Waals surface area contributed by atoms with Gasteiger partial charge in [0.2, 0.25) is 0 Å². The molecule has 2 amide bonds. The highest BCUT2D eigenvalue weighted by atomic mass is 19.1. The number of aryl methyl sites for hydroxylation is 1. The number of nitrogens with one attached hydrogen (secondary N) is 3. The maximum absolute atomic E-state index is 13.6. The second-order valence-electron chi connectivity index (χ2n) is 8.39. The second-order valence-corrected chi connectivity index (χ2v) is 8.39. The Kier molecular flexibility index (Phi) is 6.28. The maximum Gasteiger partial charge on any atom is 0.326 e. The van der Waals surface area contributed by atoms with Gasteiger partial charge in [0.15, 0.2) is 5.76 Å². The van der Waals surface area contributed by atoms with Gasteiger partial charge < -0.3 is 25.3 Å². The van der Waals surface area contributed by atoms with Crippen molar-refractivity contribution in [1.82, 2.24) is 19.8 Å². The molecule has 8 nitrogen and oxygen atoms in total. The zero-order valence-electron chi connectivity index (χ0n) is 19.6.